The number of aryl methyl sites for hydroxylation is 2. The van der Waals surface area contributed by atoms with Crippen molar-refractivity contribution in [3.05, 3.63) is 28.6 Å². The Hall–Kier alpha value is -1.40. The molecule has 6 nitrogen and oxygen atoms in total. The van der Waals surface area contributed by atoms with Gasteiger partial charge in [0, 0.05) is 32.0 Å². The zero-order valence-electron chi connectivity index (χ0n) is 12.7. The van der Waals surface area contributed by atoms with Crippen molar-refractivity contribution in [2.24, 2.45) is 7.05 Å². The van der Waals surface area contributed by atoms with Crippen molar-refractivity contribution in [3.63, 3.8) is 0 Å². The van der Waals surface area contributed by atoms with E-state index in [2.05, 4.69) is 34.3 Å². The van der Waals surface area contributed by atoms with E-state index >= 15 is 0 Å². The summed E-state index contributed by atoms with van der Waals surface area (Å²) in [7, 11) is 1.91. The van der Waals surface area contributed by atoms with Crippen molar-refractivity contribution < 1.29 is 0 Å². The Bertz CT molecular complexity index is 610. The van der Waals surface area contributed by atoms with E-state index in [0.717, 1.165) is 43.3 Å². The largest absolute Gasteiger partial charge is 0.306 e. The second-order valence-electron chi connectivity index (χ2n) is 5.90. The minimum Gasteiger partial charge on any atom is -0.306 e. The third kappa shape index (κ3) is 2.96. The highest BCUT2D eigenvalue weighted by atomic mass is 35.5. The molecule has 21 heavy (non-hydrogen) atoms. The van der Waals surface area contributed by atoms with Crippen molar-refractivity contribution in [2.75, 3.05) is 0 Å². The van der Waals surface area contributed by atoms with Gasteiger partial charge in [-0.2, -0.15) is 10.2 Å². The number of hydrogen-bond donors (Lipinski definition) is 1. The first-order chi connectivity index (χ1) is 10.0. The summed E-state index contributed by atoms with van der Waals surface area (Å²) >= 11 is 6.13. The predicted molar refractivity (Wildman–Crippen MR) is 81.3 cm³/mol. The second-order valence-corrected chi connectivity index (χ2v) is 6.31. The van der Waals surface area contributed by atoms with Crippen LogP contribution in [-0.2, 0) is 26.6 Å². The van der Waals surface area contributed by atoms with Crippen molar-refractivity contribution in [3.8, 4) is 0 Å². The molecule has 0 unspecified atom stereocenters. The lowest BCUT2D eigenvalue weighted by molar-refractivity contribution is 0.354. The van der Waals surface area contributed by atoms with Crippen LogP contribution in [0.5, 0.6) is 0 Å². The molecule has 1 atom stereocenters. The molecule has 0 saturated carbocycles. The molecule has 1 aliphatic rings. The number of hydrogen-bond acceptors (Lipinski definition) is 4. The Kier molecular flexibility index (Phi) is 3.99. The van der Waals surface area contributed by atoms with E-state index in [1.54, 1.807) is 6.20 Å². The quantitative estimate of drug-likeness (QED) is 0.937. The molecule has 0 aromatic carbocycles. The molecular formula is C14H21ClN6. The van der Waals surface area contributed by atoms with Gasteiger partial charge in [0.15, 0.2) is 5.82 Å². The van der Waals surface area contributed by atoms with E-state index in [0.29, 0.717) is 17.0 Å². The van der Waals surface area contributed by atoms with Gasteiger partial charge < -0.3 is 5.32 Å². The van der Waals surface area contributed by atoms with Crippen LogP contribution in [0.4, 0.5) is 0 Å². The van der Waals surface area contributed by atoms with Crippen molar-refractivity contribution in [1.29, 1.82) is 0 Å². The topological polar surface area (TPSA) is 60.6 Å². The molecule has 2 aromatic heterocycles. The van der Waals surface area contributed by atoms with Crippen molar-refractivity contribution in [1.82, 2.24) is 29.9 Å². The highest BCUT2D eigenvalue weighted by Crippen LogP contribution is 2.18. The molecule has 2 aromatic rings. The van der Waals surface area contributed by atoms with Gasteiger partial charge in [-0.25, -0.2) is 9.67 Å². The second kappa shape index (κ2) is 5.77. The van der Waals surface area contributed by atoms with Gasteiger partial charge in [0.25, 0.3) is 0 Å². The molecule has 7 heteroatoms. The molecule has 1 aliphatic heterocycles. The average Bonchev–Trinajstić information content (AvgIpc) is 3.01. The van der Waals surface area contributed by atoms with Crippen LogP contribution < -0.4 is 5.32 Å². The molecule has 114 valence electrons. The van der Waals surface area contributed by atoms with E-state index in [-0.39, 0.29) is 0 Å². The third-order valence-corrected chi connectivity index (χ3v) is 4.28. The van der Waals surface area contributed by atoms with Crippen molar-refractivity contribution >= 4 is 11.6 Å². The van der Waals surface area contributed by atoms with Crippen molar-refractivity contribution in [2.45, 2.75) is 51.7 Å². The predicted octanol–water partition coefficient (Wildman–Crippen LogP) is 1.89. The van der Waals surface area contributed by atoms with Crippen LogP contribution in [0.2, 0.25) is 5.02 Å². The molecule has 0 aliphatic carbocycles. The fraction of sp³-hybridized carbons (Fsp3) is 0.643. The van der Waals surface area contributed by atoms with E-state index in [9.17, 15) is 0 Å². The van der Waals surface area contributed by atoms with E-state index in [1.165, 1.54) is 0 Å². The fourth-order valence-electron chi connectivity index (χ4n) is 2.62. The molecule has 0 bridgehead atoms. The maximum Gasteiger partial charge on any atom is 0.153 e. The smallest absolute Gasteiger partial charge is 0.153 e. The number of nitrogens with one attached hydrogen (secondary N) is 1. The van der Waals surface area contributed by atoms with Crippen LogP contribution in [0.15, 0.2) is 6.20 Å². The molecule has 1 N–H and O–H groups in total. The van der Waals surface area contributed by atoms with Gasteiger partial charge in [-0.3, -0.25) is 4.68 Å². The molecule has 0 saturated heterocycles. The number of aromatic nitrogens is 5. The molecule has 0 radical (unpaired) electrons. The van der Waals surface area contributed by atoms with Crippen LogP contribution in [0.25, 0.3) is 0 Å². The lowest BCUT2D eigenvalue weighted by atomic mass is 10.1. The van der Waals surface area contributed by atoms with Crippen LogP contribution in [0.3, 0.4) is 0 Å². The Morgan fingerprint density at radius 2 is 2.29 bits per heavy atom. The van der Waals surface area contributed by atoms with Gasteiger partial charge in [0.1, 0.15) is 5.82 Å². The van der Waals surface area contributed by atoms with Gasteiger partial charge in [-0.15, -0.1) is 0 Å². The van der Waals surface area contributed by atoms with E-state index < -0.39 is 0 Å². The summed E-state index contributed by atoms with van der Waals surface area (Å²) in [5, 5.41) is 13.0. The SMILES string of the molecule is CC(C)c1nc2n(n1)C[C@@H](NCc1c(Cl)cnn1C)CC2. The van der Waals surface area contributed by atoms with Crippen LogP contribution in [0, 0.1) is 0 Å². The maximum absolute atomic E-state index is 6.13. The summed E-state index contributed by atoms with van der Waals surface area (Å²) < 4.78 is 3.86. The van der Waals surface area contributed by atoms with Crippen LogP contribution >= 0.6 is 11.6 Å². The third-order valence-electron chi connectivity index (χ3n) is 3.96. The lowest BCUT2D eigenvalue weighted by Crippen LogP contribution is -2.37. The van der Waals surface area contributed by atoms with Gasteiger partial charge >= 0.3 is 0 Å². The molecule has 3 heterocycles. The molecule has 0 fully saturated rings. The highest BCUT2D eigenvalue weighted by molar-refractivity contribution is 6.31. The standard InChI is InChI=1S/C14H21ClN6/c1-9(2)14-18-13-5-4-10(8-21(13)19-14)16-7-12-11(15)6-17-20(12)3/h6,9-10,16H,4-5,7-8H2,1-3H3/t10-/m0/s1. The zero-order valence-corrected chi connectivity index (χ0v) is 13.4. The fourth-order valence-corrected chi connectivity index (χ4v) is 2.85. The van der Waals surface area contributed by atoms with Crippen LogP contribution in [0.1, 0.15) is 43.5 Å². The van der Waals surface area contributed by atoms with Gasteiger partial charge in [-0.05, 0) is 6.42 Å². The Morgan fingerprint density at radius 1 is 1.48 bits per heavy atom. The van der Waals surface area contributed by atoms with Gasteiger partial charge in [0.2, 0.25) is 0 Å². The summed E-state index contributed by atoms with van der Waals surface area (Å²) in [5.41, 5.74) is 1.02. The van der Waals surface area contributed by atoms with Crippen LogP contribution in [-0.4, -0.2) is 30.6 Å². The lowest BCUT2D eigenvalue weighted by Gasteiger charge is -2.23. The summed E-state index contributed by atoms with van der Waals surface area (Å²) in [6.07, 6.45) is 3.73. The first-order valence-electron chi connectivity index (χ1n) is 7.38. The number of fused-ring (bicyclic) bond motifs is 1. The minimum atomic E-state index is 0.378. The molecule has 3 rings (SSSR count). The Labute approximate surface area is 129 Å². The monoisotopic (exact) mass is 308 g/mol. The summed E-state index contributed by atoms with van der Waals surface area (Å²) in [4.78, 5) is 4.61. The summed E-state index contributed by atoms with van der Waals surface area (Å²) in [6.45, 7) is 5.84. The number of halogens is 1. The number of nitrogens with zero attached hydrogens (tertiary/aromatic N) is 5. The highest BCUT2D eigenvalue weighted by Gasteiger charge is 2.22. The first-order valence-corrected chi connectivity index (χ1v) is 7.75. The van der Waals surface area contributed by atoms with E-state index in [1.807, 2.05) is 16.4 Å². The maximum atomic E-state index is 6.13. The normalized spacial score (nSPS) is 18.2. The Morgan fingerprint density at radius 3 is 2.95 bits per heavy atom. The zero-order chi connectivity index (χ0) is 15.0. The summed E-state index contributed by atoms with van der Waals surface area (Å²) in [6, 6.07) is 0.394. The van der Waals surface area contributed by atoms with Gasteiger partial charge in [0.05, 0.1) is 23.5 Å². The van der Waals surface area contributed by atoms with Gasteiger partial charge in [-0.1, -0.05) is 25.4 Å². The molecular weight excluding hydrogens is 288 g/mol. The minimum absolute atomic E-state index is 0.378. The average molecular weight is 309 g/mol. The molecule has 0 spiro atoms. The Balaban J connectivity index is 1.64. The summed E-state index contributed by atoms with van der Waals surface area (Å²) in [5.74, 6) is 2.43. The molecule has 0 amide bonds. The first kappa shape index (κ1) is 14.5. The van der Waals surface area contributed by atoms with E-state index in [4.69, 9.17) is 11.6 Å². The number of rotatable bonds is 4.